The van der Waals surface area contributed by atoms with Gasteiger partial charge in [-0.05, 0) is 189 Å². The summed E-state index contributed by atoms with van der Waals surface area (Å²) in [5, 5.41) is 70.8. The maximum atomic E-state index is 13.1. The molecule has 0 unspecified atom stereocenters. The molecule has 7 aromatic carbocycles. The summed E-state index contributed by atoms with van der Waals surface area (Å²) < 4.78 is 20.9. The quantitative estimate of drug-likeness (QED) is 0.00806. The number of benzene rings is 7. The van der Waals surface area contributed by atoms with Crippen LogP contribution in [-0.4, -0.2) is 336 Å². The maximum Gasteiger partial charge on any atom is 0.323 e. The Morgan fingerprint density at radius 3 is 0.878 bits per heavy atom. The number of methoxy groups -OCH3 is 4. The lowest BCUT2D eigenvalue weighted by atomic mass is 9.99. The van der Waals surface area contributed by atoms with Crippen LogP contribution in [0.15, 0.2) is 178 Å². The van der Waals surface area contributed by atoms with Gasteiger partial charge in [-0.1, -0.05) is 113 Å². The minimum atomic E-state index is -1.61. The lowest BCUT2D eigenvalue weighted by molar-refractivity contribution is -0.123. The van der Waals surface area contributed by atoms with E-state index >= 15 is 0 Å². The predicted molar refractivity (Wildman–Crippen MR) is 541 cm³/mol. The molecule has 0 aliphatic carbocycles. The molecule has 43 heteroatoms. The van der Waals surface area contributed by atoms with Crippen molar-refractivity contribution >= 4 is 106 Å². The Kier molecular flexibility index (Phi) is 33.8. The number of urea groups is 4. The Morgan fingerprint density at radius 1 is 0.354 bits per heavy atom. The highest BCUT2D eigenvalue weighted by Crippen LogP contribution is 2.35. The number of carbonyl (C=O) groups excluding carboxylic acids is 12. The van der Waals surface area contributed by atoms with Gasteiger partial charge in [0.25, 0.3) is 47.3 Å². The molecule has 4 saturated heterocycles. The number of amides is 16. The van der Waals surface area contributed by atoms with Crippen molar-refractivity contribution in [2.45, 2.75) is 75.5 Å². The topological polar surface area (TPSA) is 501 Å². The van der Waals surface area contributed by atoms with E-state index in [1.165, 1.54) is 59.4 Å². The van der Waals surface area contributed by atoms with Gasteiger partial charge in [0.05, 0.1) is 64.4 Å². The Bertz CT molecular complexity index is 6880. The lowest BCUT2D eigenvalue weighted by Gasteiger charge is -2.26. The minimum absolute atomic E-state index is 0.116. The molecule has 0 bridgehead atoms. The highest BCUT2D eigenvalue weighted by molar-refractivity contribution is 7.14. The molecule has 764 valence electrons. The monoisotopic (exact) mass is 2020 g/mol. The summed E-state index contributed by atoms with van der Waals surface area (Å²) in [7, 11) is 19.1. The van der Waals surface area contributed by atoms with Crippen molar-refractivity contribution in [2.75, 3.05) is 150 Å². The highest BCUT2D eigenvalue weighted by Gasteiger charge is 2.53. The van der Waals surface area contributed by atoms with Crippen LogP contribution in [0, 0.1) is 47.4 Å². The van der Waals surface area contributed by atoms with Gasteiger partial charge in [-0.2, -0.15) is 0 Å². The normalized spacial score (nSPS) is 18.8. The number of hydrogen-bond acceptors (Lipinski definition) is 27. The van der Waals surface area contributed by atoms with E-state index in [1.54, 1.807) is 171 Å². The van der Waals surface area contributed by atoms with E-state index in [0.29, 0.717) is 125 Å². The van der Waals surface area contributed by atoms with Crippen molar-refractivity contribution in [3.63, 3.8) is 0 Å². The SMILES string of the molecule is CCCN(C)C(=NO)c1ccc(C#C[C@]2(CN3Cc4ccc(OC)cc4C3=O)NC(=O)NC2=O)cc1.CCN(CC)CCN(C)C(=NO)c1ccc(C#C[C@]2(CN3Cc4ccc(OC)cc4C3=O)NC(=O)NC2=O)cc1.COc1ccc2c(c1)C(=O)N(C[C@@]1(C#Cc3ccc(C(=NO)N(C)C)s3)NC(=O)NC1=O)C2.COc1ccc2c(c1)C(=O)N(C[C@@]1(C#Cc3ccc(C(=NO)N(C)CCN(C)C)cc3)NC(=O)NC1=O)C2. The van der Waals surface area contributed by atoms with Gasteiger partial charge < -0.3 is 110 Å². The van der Waals surface area contributed by atoms with E-state index in [-0.39, 0.29) is 76.0 Å². The molecule has 9 heterocycles. The number of thiophene rings is 1. The van der Waals surface area contributed by atoms with Crippen molar-refractivity contribution in [2.24, 2.45) is 20.6 Å². The lowest BCUT2D eigenvalue weighted by Crippen LogP contribution is -2.54. The second kappa shape index (κ2) is 46.6. The Labute approximate surface area is 852 Å². The van der Waals surface area contributed by atoms with E-state index in [1.807, 2.05) is 67.8 Å². The largest absolute Gasteiger partial charge is 0.497 e. The van der Waals surface area contributed by atoms with Crippen LogP contribution in [0.1, 0.15) is 134 Å². The molecule has 16 rings (SSSR count). The molecule has 4 fully saturated rings. The summed E-state index contributed by atoms with van der Waals surface area (Å²) in [5.41, 5.74) is 2.61. The second-order valence-corrected chi connectivity index (χ2v) is 36.7. The standard InChI is InChI=1S/C29H34N6O5.C27H30N6O5.C26H27N5O5.C22H21N5O5S/c1-5-34(6-2)16-15-33(3)25(32-39)21-9-7-20(8-10-21)13-14-29(27(37)30-28(38)31-29)19-35-18-22-11-12-23(40-4)17-24(22)26(35)36;1-31(2)13-14-32(3)23(30-37)19-7-5-18(6-8-19)11-12-27(25(35)28-26(36)29-27)17-33-16-20-9-10-21(38-4)15-22(20)24(33)34;1-4-13-30(2)22(29-35)18-7-5-17(6-8-18)11-12-26(24(33)27-25(34)28-26)16-31-15-19-9-10-20(36-3)14-21(19)23(31)32;1-26(2)18(25-31)17-7-6-15(33-17)8-9-22(20(29)23-21(30)24-22)12-27-11-13-4-5-14(32-3)10-16(13)19(27)28/h7-12,17,39H,5-6,15-16,18-19H2,1-4H3,(H2,30,31,37,38);5-10,15,37H,13-14,16-17H2,1-4H3,(H2,28,29,35,36);5-10,14,35H,4,13,15-16H2,1-3H3,(H2,27,28,33,34);4-7,10,31H,11-12H2,1-3H3,(H2,23,24,29,30)/t29-;27-;26-;22-/m1111/s1. The number of carbonyl (C=O) groups is 12. The number of oxime groups is 4. The number of nitrogens with zero attached hydrogens (tertiary/aromatic N) is 14. The summed E-state index contributed by atoms with van der Waals surface area (Å²) in [6, 6.07) is 42.8. The molecule has 0 spiro atoms. The molecular formula is C104H112N22O20S. The molecule has 16 amide bonds. The summed E-state index contributed by atoms with van der Waals surface area (Å²) in [4.78, 5) is 170. The van der Waals surface area contributed by atoms with Gasteiger partial charge in [-0.25, -0.2) is 19.2 Å². The molecule has 8 aliphatic rings. The van der Waals surface area contributed by atoms with Crippen molar-refractivity contribution in [1.82, 2.24) is 91.5 Å². The van der Waals surface area contributed by atoms with Crippen molar-refractivity contribution in [3.05, 3.63) is 245 Å². The van der Waals surface area contributed by atoms with E-state index in [2.05, 4.69) is 129 Å². The second-order valence-electron chi connectivity index (χ2n) is 35.6. The number of nitrogens with one attached hydrogen (secondary N) is 8. The number of hydrogen-bond donors (Lipinski definition) is 12. The minimum Gasteiger partial charge on any atom is -0.497 e. The summed E-state index contributed by atoms with van der Waals surface area (Å²) >= 11 is 1.27. The van der Waals surface area contributed by atoms with Crippen molar-refractivity contribution in [3.8, 4) is 70.4 Å². The third-order valence-electron chi connectivity index (χ3n) is 25.2. The Morgan fingerprint density at radius 2 is 0.633 bits per heavy atom. The Hall–Kier alpha value is -17.7. The number of amidine groups is 4. The third kappa shape index (κ3) is 24.3. The first kappa shape index (κ1) is 107. The number of imide groups is 4. The molecule has 8 aromatic rings. The summed E-state index contributed by atoms with van der Waals surface area (Å²) in [6.45, 7) is 12.5. The van der Waals surface area contributed by atoms with Crippen LogP contribution in [0.5, 0.6) is 23.0 Å². The average Bonchev–Trinajstić information content (AvgIpc) is 1.63. The first-order valence-corrected chi connectivity index (χ1v) is 47.3. The number of rotatable bonds is 26. The molecule has 12 N–H and O–H groups in total. The smallest absolute Gasteiger partial charge is 0.323 e. The van der Waals surface area contributed by atoms with Crippen LogP contribution < -0.4 is 61.5 Å². The van der Waals surface area contributed by atoms with Crippen LogP contribution in [0.4, 0.5) is 19.2 Å². The number of fused-ring (bicyclic) bond motifs is 4. The molecule has 42 nitrogen and oxygen atoms in total. The van der Waals surface area contributed by atoms with Crippen LogP contribution in [0.2, 0.25) is 0 Å². The molecule has 4 atom stereocenters. The third-order valence-corrected chi connectivity index (χ3v) is 26.1. The maximum absolute atomic E-state index is 13.1. The summed E-state index contributed by atoms with van der Waals surface area (Å²) in [5.74, 6) is 23.7. The van der Waals surface area contributed by atoms with Gasteiger partial charge in [-0.3, -0.25) is 59.6 Å². The zero-order valence-corrected chi connectivity index (χ0v) is 84.1. The predicted octanol–water partition coefficient (Wildman–Crippen LogP) is 5.40. The first-order valence-electron chi connectivity index (χ1n) is 46.4. The molecule has 147 heavy (non-hydrogen) atoms. The van der Waals surface area contributed by atoms with Crippen LogP contribution in [0.25, 0.3) is 0 Å². The zero-order chi connectivity index (χ0) is 106. The molecular weight excluding hydrogens is 1910 g/mol. The van der Waals surface area contributed by atoms with Gasteiger partial charge in [0, 0.05) is 150 Å². The van der Waals surface area contributed by atoms with E-state index in [0.717, 1.165) is 61.4 Å². The number of ether oxygens (including phenoxy) is 4. The van der Waals surface area contributed by atoms with Gasteiger partial charge in [0.1, 0.15) is 23.0 Å². The average molecular weight is 2020 g/mol. The molecule has 0 saturated carbocycles. The van der Waals surface area contributed by atoms with E-state index < -0.39 is 69.9 Å². The fourth-order valence-corrected chi connectivity index (χ4v) is 18.0. The van der Waals surface area contributed by atoms with Crippen LogP contribution >= 0.6 is 11.3 Å². The van der Waals surface area contributed by atoms with Crippen molar-refractivity contribution < 1.29 is 97.3 Å². The van der Waals surface area contributed by atoms with E-state index in [4.69, 9.17) is 18.9 Å². The fraction of sp³-hybridized carbons (Fsp3) is 0.327. The van der Waals surface area contributed by atoms with Gasteiger partial charge in [-0.15, -0.1) is 11.3 Å². The molecule has 8 aliphatic heterocycles. The Balaban J connectivity index is 0.000000164. The highest BCUT2D eigenvalue weighted by atomic mass is 32.1. The van der Waals surface area contributed by atoms with Crippen LogP contribution in [-0.2, 0) is 45.4 Å². The zero-order valence-electron chi connectivity index (χ0n) is 83.3. The van der Waals surface area contributed by atoms with Gasteiger partial charge in [0.15, 0.2) is 23.3 Å². The molecule has 1 aromatic heterocycles. The van der Waals surface area contributed by atoms with Crippen molar-refractivity contribution in [1.29, 1.82) is 0 Å². The summed E-state index contributed by atoms with van der Waals surface area (Å²) in [6.07, 6.45) is 0.896. The fourth-order valence-electron chi connectivity index (χ4n) is 17.0. The van der Waals surface area contributed by atoms with Gasteiger partial charge >= 0.3 is 24.1 Å². The first-order chi connectivity index (χ1) is 70.4. The van der Waals surface area contributed by atoms with E-state index in [9.17, 15) is 78.4 Å². The van der Waals surface area contributed by atoms with Crippen LogP contribution in [0.3, 0.4) is 0 Å². The van der Waals surface area contributed by atoms with Gasteiger partial charge in [0.2, 0.25) is 22.2 Å². The number of likely N-dealkylation sites (N-methyl/N-ethyl adjacent to an activating group) is 4. The molecule has 0 radical (unpaired) electrons.